The number of hydrogen-bond acceptors (Lipinski definition) is 8. The highest BCUT2D eigenvalue weighted by Crippen LogP contribution is 2.52. The van der Waals surface area contributed by atoms with Crippen LogP contribution in [0.5, 0.6) is 0 Å². The number of fused-ring (bicyclic) bond motifs is 1. The molecule has 2 aliphatic carbocycles. The van der Waals surface area contributed by atoms with Gasteiger partial charge < -0.3 is 30.9 Å². The van der Waals surface area contributed by atoms with E-state index in [-0.39, 0.29) is 43.8 Å². The first-order valence-corrected chi connectivity index (χ1v) is 20.6. The maximum absolute atomic E-state index is 14.7. The lowest BCUT2D eigenvalue weighted by atomic mass is 9.60. The number of rotatable bonds is 14. The van der Waals surface area contributed by atoms with Crippen molar-refractivity contribution in [1.29, 1.82) is 0 Å². The minimum absolute atomic E-state index is 0.00623. The maximum atomic E-state index is 14.7. The molecular formula is C37H61N5O8S. The van der Waals surface area contributed by atoms with Crippen molar-refractivity contribution in [1.82, 2.24) is 26.2 Å². The van der Waals surface area contributed by atoms with Crippen LogP contribution in [0.4, 0.5) is 4.79 Å². The van der Waals surface area contributed by atoms with E-state index in [1.165, 1.54) is 6.08 Å². The Hall–Kier alpha value is -3.00. The molecule has 7 unspecified atom stereocenters. The van der Waals surface area contributed by atoms with Gasteiger partial charge in [0.2, 0.25) is 17.6 Å². The summed E-state index contributed by atoms with van der Waals surface area (Å²) in [7, 11) is -3.52. The Labute approximate surface area is 304 Å². The molecule has 7 atom stereocenters. The van der Waals surface area contributed by atoms with E-state index < -0.39 is 73.7 Å². The van der Waals surface area contributed by atoms with E-state index in [0.29, 0.717) is 37.6 Å². The quantitative estimate of drug-likeness (QED) is 0.155. The minimum Gasteiger partial charge on any atom is -0.379 e. The molecule has 2 saturated heterocycles. The molecule has 13 nitrogen and oxygen atoms in total. The van der Waals surface area contributed by atoms with E-state index in [1.807, 2.05) is 27.7 Å². The number of likely N-dealkylation sites (tertiary alicyclic amines) is 1. The second kappa shape index (κ2) is 16.8. The van der Waals surface area contributed by atoms with E-state index in [0.717, 1.165) is 32.1 Å². The number of ether oxygens (including phenoxy) is 1. The third kappa shape index (κ3) is 9.15. The molecule has 4 rings (SSSR count). The Kier molecular flexibility index (Phi) is 13.4. The van der Waals surface area contributed by atoms with Gasteiger partial charge >= 0.3 is 6.03 Å². The number of unbranched alkanes of at least 4 members (excludes halogenated alkanes) is 1. The number of amides is 5. The van der Waals surface area contributed by atoms with Crippen LogP contribution in [0.2, 0.25) is 0 Å². The number of nitrogens with one attached hydrogen (secondary N) is 4. The Balaban J connectivity index is 1.59. The number of carbonyl (C=O) groups is 5. The van der Waals surface area contributed by atoms with E-state index in [4.69, 9.17) is 4.74 Å². The summed E-state index contributed by atoms with van der Waals surface area (Å²) in [5.74, 6) is -1.96. The van der Waals surface area contributed by atoms with Crippen LogP contribution in [0.3, 0.4) is 0 Å². The largest absolute Gasteiger partial charge is 0.379 e. The van der Waals surface area contributed by atoms with Gasteiger partial charge in [0.25, 0.3) is 5.91 Å². The van der Waals surface area contributed by atoms with Gasteiger partial charge in [0.05, 0.1) is 30.5 Å². The van der Waals surface area contributed by atoms with Crippen molar-refractivity contribution < 1.29 is 37.1 Å². The number of carbonyl (C=O) groups excluding carboxylic acids is 5. The predicted octanol–water partition coefficient (Wildman–Crippen LogP) is 2.88. The highest BCUT2D eigenvalue weighted by molar-refractivity contribution is 7.92. The molecule has 0 bridgehead atoms. The summed E-state index contributed by atoms with van der Waals surface area (Å²) in [6.07, 6.45) is 7.28. The van der Waals surface area contributed by atoms with Crippen LogP contribution in [0.15, 0.2) is 12.7 Å². The number of nitrogens with zero attached hydrogens (tertiary/aromatic N) is 1. The molecule has 51 heavy (non-hydrogen) atoms. The van der Waals surface area contributed by atoms with E-state index >= 15 is 0 Å². The van der Waals surface area contributed by atoms with Gasteiger partial charge in [-0.25, -0.2) is 13.2 Å². The van der Waals surface area contributed by atoms with E-state index in [9.17, 15) is 32.4 Å². The zero-order valence-corrected chi connectivity index (χ0v) is 32.2. The van der Waals surface area contributed by atoms with Gasteiger partial charge in [-0.15, -0.1) is 6.58 Å². The summed E-state index contributed by atoms with van der Waals surface area (Å²) >= 11 is 0. The van der Waals surface area contributed by atoms with Crippen LogP contribution < -0.4 is 21.3 Å². The van der Waals surface area contributed by atoms with Gasteiger partial charge in [-0.05, 0) is 54.8 Å². The molecule has 0 radical (unpaired) electrons. The van der Waals surface area contributed by atoms with Gasteiger partial charge in [-0.1, -0.05) is 79.7 Å². The molecule has 4 aliphatic rings. The van der Waals surface area contributed by atoms with E-state index in [1.54, 1.807) is 4.90 Å². The van der Waals surface area contributed by atoms with Crippen molar-refractivity contribution in [3.63, 3.8) is 0 Å². The molecule has 0 spiro atoms. The van der Waals surface area contributed by atoms with Crippen LogP contribution in [-0.2, 0) is 33.8 Å². The average molecular weight is 736 g/mol. The van der Waals surface area contributed by atoms with Crippen molar-refractivity contribution in [3.8, 4) is 0 Å². The number of sulfone groups is 1. The standard InChI is InChI=1S/C37H61N5O8S/c1-8-10-14-27(30(43)33(45)38-17-9-2)39-32(44)29-25-20-24(23(3)4)26(25)21-42(29)34(46)31(36(5,6)7)40-35(47)41-37(15-12-11-13-16-37)28-22-50-18-19-51(28,48)49/h9,23-29,31H,2,8,10-22H2,1,3-7H3,(H,38,45)(H,39,44)(H2,40,41,47). The van der Waals surface area contributed by atoms with Gasteiger partial charge in [-0.2, -0.15) is 0 Å². The fourth-order valence-corrected chi connectivity index (χ4v) is 10.6. The maximum Gasteiger partial charge on any atom is 0.315 e. The van der Waals surface area contributed by atoms with Crippen molar-refractivity contribution in [2.24, 2.45) is 29.1 Å². The molecule has 0 aromatic carbocycles. The van der Waals surface area contributed by atoms with Crippen LogP contribution in [0, 0.1) is 29.1 Å². The Morgan fingerprint density at radius 2 is 1.73 bits per heavy atom. The van der Waals surface area contributed by atoms with Crippen molar-refractivity contribution in [3.05, 3.63) is 12.7 Å². The van der Waals surface area contributed by atoms with Gasteiger partial charge in [-0.3, -0.25) is 19.2 Å². The van der Waals surface area contributed by atoms with Gasteiger partial charge in [0.1, 0.15) is 17.3 Å². The van der Waals surface area contributed by atoms with Crippen molar-refractivity contribution in [2.75, 3.05) is 32.1 Å². The molecule has 14 heteroatoms. The molecule has 2 aliphatic heterocycles. The lowest BCUT2D eigenvalue weighted by molar-refractivity contribution is -0.144. The summed E-state index contributed by atoms with van der Waals surface area (Å²) in [5, 5.41) is 10.4. The first-order chi connectivity index (χ1) is 24.0. The Bertz CT molecular complexity index is 1420. The summed E-state index contributed by atoms with van der Waals surface area (Å²) in [6, 6.07) is -3.61. The SMILES string of the molecule is C=CCNC(=O)C(=O)C(CCCC)NC(=O)C1C2CC(C(C)C)C2CN1C(=O)C(NC(=O)NC1(C2COCCS2(=O)=O)CCCCC1)C(C)(C)C. The zero-order valence-electron chi connectivity index (χ0n) is 31.4. The topological polar surface area (TPSA) is 180 Å². The summed E-state index contributed by atoms with van der Waals surface area (Å²) in [4.78, 5) is 70.2. The normalized spacial score (nSPS) is 28.0. The number of urea groups is 1. The van der Waals surface area contributed by atoms with Crippen molar-refractivity contribution >= 4 is 39.4 Å². The number of Topliss-reactive ketones (excluding diaryl/α,β-unsaturated/α-hetero) is 1. The van der Waals surface area contributed by atoms with Crippen LogP contribution >= 0.6 is 0 Å². The highest BCUT2D eigenvalue weighted by Gasteiger charge is 2.59. The smallest absolute Gasteiger partial charge is 0.315 e. The lowest BCUT2D eigenvalue weighted by Crippen LogP contribution is -2.67. The number of ketones is 1. The second-order valence-corrected chi connectivity index (χ2v) is 18.8. The molecule has 4 fully saturated rings. The van der Waals surface area contributed by atoms with Crippen LogP contribution in [-0.4, -0.2) is 104 Å². The monoisotopic (exact) mass is 735 g/mol. The summed E-state index contributed by atoms with van der Waals surface area (Å²) in [5.41, 5.74) is -1.80. The summed E-state index contributed by atoms with van der Waals surface area (Å²) < 4.78 is 32.1. The van der Waals surface area contributed by atoms with Crippen LogP contribution in [0.25, 0.3) is 0 Å². The lowest BCUT2D eigenvalue weighted by Gasteiger charge is -2.45. The van der Waals surface area contributed by atoms with E-state index in [2.05, 4.69) is 41.7 Å². The molecule has 0 aromatic rings. The first kappa shape index (κ1) is 40.8. The average Bonchev–Trinajstić information content (AvgIpc) is 3.34. The molecular weight excluding hydrogens is 675 g/mol. The molecule has 5 amide bonds. The molecule has 288 valence electrons. The number of hydrogen-bond donors (Lipinski definition) is 4. The molecule has 4 N–H and O–H groups in total. The predicted molar refractivity (Wildman–Crippen MR) is 194 cm³/mol. The molecule has 0 aromatic heterocycles. The highest BCUT2D eigenvalue weighted by atomic mass is 32.2. The Morgan fingerprint density at radius 1 is 1.04 bits per heavy atom. The fourth-order valence-electron chi connectivity index (χ4n) is 8.70. The fraction of sp³-hybridized carbons (Fsp3) is 0.811. The van der Waals surface area contributed by atoms with Crippen molar-refractivity contribution in [2.45, 2.75) is 128 Å². The molecule has 2 heterocycles. The van der Waals surface area contributed by atoms with Gasteiger partial charge in [0.15, 0.2) is 9.84 Å². The minimum atomic E-state index is -3.52. The van der Waals surface area contributed by atoms with Crippen LogP contribution in [0.1, 0.15) is 99.3 Å². The molecule has 2 saturated carbocycles. The van der Waals surface area contributed by atoms with Gasteiger partial charge in [0, 0.05) is 13.1 Å². The third-order valence-electron chi connectivity index (χ3n) is 11.6. The first-order valence-electron chi connectivity index (χ1n) is 18.9. The second-order valence-electron chi connectivity index (χ2n) is 16.5. The zero-order chi connectivity index (χ0) is 37.7. The Morgan fingerprint density at radius 3 is 2.31 bits per heavy atom. The summed E-state index contributed by atoms with van der Waals surface area (Å²) in [6.45, 7) is 15.9. The third-order valence-corrected chi connectivity index (χ3v) is 13.8.